The zero-order chi connectivity index (χ0) is 13.0. The van der Waals surface area contributed by atoms with E-state index in [-0.39, 0.29) is 12.1 Å². The third kappa shape index (κ3) is 4.30. The Hall–Kier alpha value is -0.570. The maximum absolute atomic E-state index is 10.8. The van der Waals surface area contributed by atoms with Gasteiger partial charge in [-0.15, -0.1) is 0 Å². The second-order valence-electron chi connectivity index (χ2n) is 5.75. The van der Waals surface area contributed by atoms with Gasteiger partial charge in [0, 0.05) is 6.92 Å². The SMILES string of the molecule is CC(=O)OCC1CCC(C(C)C)C(C(C)C)O1. The smallest absolute Gasteiger partial charge is 0.302 e. The topological polar surface area (TPSA) is 35.5 Å². The fraction of sp³-hybridized carbons (Fsp3) is 0.929. The summed E-state index contributed by atoms with van der Waals surface area (Å²) in [5.74, 6) is 1.57. The fourth-order valence-electron chi connectivity index (χ4n) is 2.63. The largest absolute Gasteiger partial charge is 0.463 e. The summed E-state index contributed by atoms with van der Waals surface area (Å²) in [5.41, 5.74) is 0. The average Bonchev–Trinajstić information content (AvgIpc) is 2.25. The first kappa shape index (κ1) is 14.5. The molecule has 3 heteroatoms. The molecule has 0 N–H and O–H groups in total. The van der Waals surface area contributed by atoms with Gasteiger partial charge < -0.3 is 9.47 Å². The van der Waals surface area contributed by atoms with Crippen LogP contribution in [0.3, 0.4) is 0 Å². The van der Waals surface area contributed by atoms with Gasteiger partial charge in [0.1, 0.15) is 6.61 Å². The van der Waals surface area contributed by atoms with Gasteiger partial charge in [-0.3, -0.25) is 4.79 Å². The zero-order valence-corrected chi connectivity index (χ0v) is 11.7. The van der Waals surface area contributed by atoms with Crippen LogP contribution < -0.4 is 0 Å². The first-order chi connectivity index (χ1) is 7.91. The Morgan fingerprint density at radius 1 is 1.24 bits per heavy atom. The van der Waals surface area contributed by atoms with Gasteiger partial charge in [-0.1, -0.05) is 27.7 Å². The van der Waals surface area contributed by atoms with E-state index in [4.69, 9.17) is 9.47 Å². The van der Waals surface area contributed by atoms with Crippen LogP contribution in [0.2, 0.25) is 0 Å². The molecule has 0 aromatic heterocycles. The first-order valence-electron chi connectivity index (χ1n) is 6.70. The first-order valence-corrected chi connectivity index (χ1v) is 6.70. The number of hydrogen-bond acceptors (Lipinski definition) is 3. The van der Waals surface area contributed by atoms with Crippen LogP contribution in [-0.2, 0) is 14.3 Å². The highest BCUT2D eigenvalue weighted by Crippen LogP contribution is 2.34. The molecule has 1 heterocycles. The van der Waals surface area contributed by atoms with Gasteiger partial charge in [-0.2, -0.15) is 0 Å². The van der Waals surface area contributed by atoms with Gasteiger partial charge in [0.05, 0.1) is 12.2 Å². The van der Waals surface area contributed by atoms with Crippen molar-refractivity contribution in [2.24, 2.45) is 17.8 Å². The molecule has 1 saturated heterocycles. The molecular formula is C14H26O3. The number of hydrogen-bond donors (Lipinski definition) is 0. The molecule has 1 rings (SSSR count). The van der Waals surface area contributed by atoms with E-state index in [0.717, 1.165) is 6.42 Å². The van der Waals surface area contributed by atoms with Gasteiger partial charge in [0.25, 0.3) is 0 Å². The Kier molecular flexibility index (Phi) is 5.44. The van der Waals surface area contributed by atoms with Crippen LogP contribution in [0.4, 0.5) is 0 Å². The van der Waals surface area contributed by atoms with Crippen LogP contribution in [0.25, 0.3) is 0 Å². The molecule has 1 aliphatic rings. The van der Waals surface area contributed by atoms with Crippen LogP contribution >= 0.6 is 0 Å². The summed E-state index contributed by atoms with van der Waals surface area (Å²) < 4.78 is 11.1. The Morgan fingerprint density at radius 3 is 2.35 bits per heavy atom. The molecule has 3 unspecified atom stereocenters. The summed E-state index contributed by atoms with van der Waals surface area (Å²) in [7, 11) is 0. The van der Waals surface area contributed by atoms with Crippen molar-refractivity contribution >= 4 is 5.97 Å². The molecule has 1 aliphatic heterocycles. The van der Waals surface area contributed by atoms with Crippen molar-refractivity contribution < 1.29 is 14.3 Å². The van der Waals surface area contributed by atoms with Crippen molar-refractivity contribution in [1.29, 1.82) is 0 Å². The van der Waals surface area contributed by atoms with Crippen LogP contribution in [0.5, 0.6) is 0 Å². The molecule has 17 heavy (non-hydrogen) atoms. The van der Waals surface area contributed by atoms with Crippen molar-refractivity contribution in [2.75, 3.05) is 6.61 Å². The minimum Gasteiger partial charge on any atom is -0.463 e. The number of carbonyl (C=O) groups is 1. The molecule has 0 amide bonds. The number of carbonyl (C=O) groups excluding carboxylic acids is 1. The highest BCUT2D eigenvalue weighted by Gasteiger charge is 2.35. The average molecular weight is 242 g/mol. The van der Waals surface area contributed by atoms with E-state index in [2.05, 4.69) is 27.7 Å². The molecule has 0 bridgehead atoms. The van der Waals surface area contributed by atoms with Crippen molar-refractivity contribution in [2.45, 2.75) is 59.7 Å². The number of ether oxygens (including phenoxy) is 2. The lowest BCUT2D eigenvalue weighted by molar-refractivity contribution is -0.159. The van der Waals surface area contributed by atoms with Crippen molar-refractivity contribution in [3.05, 3.63) is 0 Å². The van der Waals surface area contributed by atoms with Crippen LogP contribution in [0.1, 0.15) is 47.5 Å². The fourth-order valence-corrected chi connectivity index (χ4v) is 2.63. The standard InChI is InChI=1S/C14H26O3/c1-9(2)13-7-6-12(8-16-11(5)15)17-14(13)10(3)4/h9-10,12-14H,6-8H2,1-5H3. The van der Waals surface area contributed by atoms with Crippen molar-refractivity contribution in [1.82, 2.24) is 0 Å². The molecule has 0 aromatic rings. The lowest BCUT2D eigenvalue weighted by atomic mass is 9.79. The third-order valence-corrected chi connectivity index (χ3v) is 3.58. The molecule has 3 atom stereocenters. The predicted octanol–water partition coefficient (Wildman–Crippen LogP) is 3.03. The number of esters is 1. The summed E-state index contributed by atoms with van der Waals surface area (Å²) in [6.45, 7) is 10.8. The van der Waals surface area contributed by atoms with E-state index >= 15 is 0 Å². The lowest BCUT2D eigenvalue weighted by Gasteiger charge is -2.40. The quantitative estimate of drug-likeness (QED) is 0.711. The summed E-state index contributed by atoms with van der Waals surface area (Å²) in [4.78, 5) is 10.8. The Morgan fingerprint density at radius 2 is 1.88 bits per heavy atom. The predicted molar refractivity (Wildman–Crippen MR) is 67.7 cm³/mol. The maximum Gasteiger partial charge on any atom is 0.302 e. The summed E-state index contributed by atoms with van der Waals surface area (Å²) in [6.07, 6.45) is 2.55. The second-order valence-corrected chi connectivity index (χ2v) is 5.75. The van der Waals surface area contributed by atoms with Crippen LogP contribution in [0, 0.1) is 17.8 Å². The number of rotatable bonds is 4. The van der Waals surface area contributed by atoms with Crippen LogP contribution in [0.15, 0.2) is 0 Å². The zero-order valence-electron chi connectivity index (χ0n) is 11.7. The second kappa shape index (κ2) is 6.39. The molecule has 3 nitrogen and oxygen atoms in total. The summed E-state index contributed by atoms with van der Waals surface area (Å²) >= 11 is 0. The molecule has 0 saturated carbocycles. The lowest BCUT2D eigenvalue weighted by Crippen LogP contribution is -2.42. The van der Waals surface area contributed by atoms with Gasteiger partial charge in [-0.05, 0) is 30.6 Å². The molecule has 1 fully saturated rings. The van der Waals surface area contributed by atoms with E-state index < -0.39 is 0 Å². The highest BCUT2D eigenvalue weighted by molar-refractivity contribution is 5.65. The van der Waals surface area contributed by atoms with Gasteiger partial charge in [-0.25, -0.2) is 0 Å². The van der Waals surface area contributed by atoms with Crippen LogP contribution in [-0.4, -0.2) is 24.8 Å². The molecular weight excluding hydrogens is 216 g/mol. The van der Waals surface area contributed by atoms with Crippen molar-refractivity contribution in [3.8, 4) is 0 Å². The molecule has 100 valence electrons. The molecule has 0 spiro atoms. The third-order valence-electron chi connectivity index (χ3n) is 3.58. The summed E-state index contributed by atoms with van der Waals surface area (Å²) in [5, 5.41) is 0. The molecule has 0 radical (unpaired) electrons. The van der Waals surface area contributed by atoms with E-state index in [1.54, 1.807) is 0 Å². The Balaban J connectivity index is 2.53. The van der Waals surface area contributed by atoms with Crippen molar-refractivity contribution in [3.63, 3.8) is 0 Å². The minimum atomic E-state index is -0.222. The van der Waals surface area contributed by atoms with E-state index in [1.165, 1.54) is 13.3 Å². The van der Waals surface area contributed by atoms with Gasteiger partial charge >= 0.3 is 5.97 Å². The maximum atomic E-state index is 10.8. The van der Waals surface area contributed by atoms with E-state index in [9.17, 15) is 4.79 Å². The normalized spacial score (nSPS) is 29.7. The molecule has 0 aliphatic carbocycles. The monoisotopic (exact) mass is 242 g/mol. The Labute approximate surface area is 105 Å². The minimum absolute atomic E-state index is 0.0845. The summed E-state index contributed by atoms with van der Waals surface area (Å²) in [6, 6.07) is 0. The molecule has 0 aromatic carbocycles. The van der Waals surface area contributed by atoms with Gasteiger partial charge in [0.2, 0.25) is 0 Å². The Bertz CT molecular complexity index is 248. The van der Waals surface area contributed by atoms with Gasteiger partial charge in [0.15, 0.2) is 0 Å². The highest BCUT2D eigenvalue weighted by atomic mass is 16.6. The van der Waals surface area contributed by atoms with E-state index in [0.29, 0.717) is 30.5 Å². The van der Waals surface area contributed by atoms with E-state index in [1.807, 2.05) is 0 Å².